The van der Waals surface area contributed by atoms with E-state index in [1.807, 2.05) is 13.8 Å². The maximum Gasteiger partial charge on any atom is 0.304 e. The van der Waals surface area contributed by atoms with Gasteiger partial charge in [0.1, 0.15) is 0 Å². The molecule has 0 fully saturated rings. The van der Waals surface area contributed by atoms with E-state index in [1.165, 1.54) is 0 Å². The van der Waals surface area contributed by atoms with Crippen molar-refractivity contribution in [3.63, 3.8) is 0 Å². The van der Waals surface area contributed by atoms with Crippen molar-refractivity contribution in [3.8, 4) is 0 Å². The molecule has 0 heterocycles. The second kappa shape index (κ2) is 4.61. The van der Waals surface area contributed by atoms with Crippen molar-refractivity contribution >= 4 is 5.97 Å². The van der Waals surface area contributed by atoms with Gasteiger partial charge in [-0.1, -0.05) is 34.6 Å². The van der Waals surface area contributed by atoms with E-state index < -0.39 is 5.97 Å². The topological polar surface area (TPSA) is 49.3 Å². The molecule has 0 aromatic rings. The van der Waals surface area contributed by atoms with Gasteiger partial charge in [0.2, 0.25) is 0 Å². The summed E-state index contributed by atoms with van der Waals surface area (Å²) in [5.74, 6) is -0.743. The first-order valence-corrected chi connectivity index (χ1v) is 4.71. The second-order valence-corrected chi connectivity index (χ2v) is 4.84. The van der Waals surface area contributed by atoms with Crippen molar-refractivity contribution in [1.29, 1.82) is 0 Å². The maximum atomic E-state index is 10.6. The van der Waals surface area contributed by atoms with E-state index >= 15 is 0 Å². The van der Waals surface area contributed by atoms with Gasteiger partial charge < -0.3 is 10.4 Å². The van der Waals surface area contributed by atoms with E-state index in [2.05, 4.69) is 26.1 Å². The lowest BCUT2D eigenvalue weighted by atomic mass is 9.84. The average Bonchev–Trinajstić information content (AvgIpc) is 1.81. The lowest BCUT2D eigenvalue weighted by Gasteiger charge is -2.32. The molecule has 0 aromatic carbocycles. The molecule has 0 aromatic heterocycles. The number of aliphatic carboxylic acids is 1. The normalized spacial score (nSPS) is 14.6. The van der Waals surface area contributed by atoms with E-state index in [1.54, 1.807) is 0 Å². The van der Waals surface area contributed by atoms with Gasteiger partial charge in [0.15, 0.2) is 0 Å². The highest BCUT2D eigenvalue weighted by Gasteiger charge is 2.26. The van der Waals surface area contributed by atoms with Crippen LogP contribution in [0, 0.1) is 5.41 Å². The Labute approximate surface area is 80.5 Å². The fourth-order valence-electron chi connectivity index (χ4n) is 1.19. The number of hydrogen-bond acceptors (Lipinski definition) is 2. The molecule has 0 rings (SSSR count). The molecule has 13 heavy (non-hydrogen) atoms. The minimum atomic E-state index is -0.743. The third kappa shape index (κ3) is 5.64. The first-order valence-electron chi connectivity index (χ1n) is 4.71. The summed E-state index contributed by atoms with van der Waals surface area (Å²) in [4.78, 5) is 10.6. The van der Waals surface area contributed by atoms with Crippen LogP contribution >= 0.6 is 0 Å². The summed E-state index contributed by atoms with van der Waals surface area (Å²) in [6.07, 6.45) is 0.182. The van der Waals surface area contributed by atoms with Crippen molar-refractivity contribution in [1.82, 2.24) is 5.32 Å². The second-order valence-electron chi connectivity index (χ2n) is 4.84. The standard InChI is InChI=1S/C10H21NO2/c1-7(2)11-8(6-9(12)13)10(3,4)5/h7-8,11H,6H2,1-5H3,(H,12,13). The molecule has 3 heteroatoms. The van der Waals surface area contributed by atoms with Crippen molar-refractivity contribution in [3.05, 3.63) is 0 Å². The SMILES string of the molecule is CC(C)NC(CC(=O)O)C(C)(C)C. The van der Waals surface area contributed by atoms with Crippen LogP contribution < -0.4 is 5.32 Å². The smallest absolute Gasteiger partial charge is 0.304 e. The van der Waals surface area contributed by atoms with Crippen LogP contribution in [0.25, 0.3) is 0 Å². The summed E-state index contributed by atoms with van der Waals surface area (Å²) in [7, 11) is 0. The van der Waals surface area contributed by atoms with E-state index in [4.69, 9.17) is 5.11 Å². The van der Waals surface area contributed by atoms with E-state index in [0.717, 1.165) is 0 Å². The van der Waals surface area contributed by atoms with Gasteiger partial charge in [0, 0.05) is 12.1 Å². The molecule has 0 aliphatic rings. The van der Waals surface area contributed by atoms with Crippen LogP contribution in [0.2, 0.25) is 0 Å². The van der Waals surface area contributed by atoms with Gasteiger partial charge in [0.05, 0.1) is 6.42 Å². The Morgan fingerprint density at radius 2 is 1.85 bits per heavy atom. The summed E-state index contributed by atoms with van der Waals surface area (Å²) < 4.78 is 0. The van der Waals surface area contributed by atoms with Gasteiger partial charge in [-0.25, -0.2) is 0 Å². The Kier molecular flexibility index (Phi) is 4.40. The highest BCUT2D eigenvalue weighted by molar-refractivity contribution is 5.67. The summed E-state index contributed by atoms with van der Waals surface area (Å²) >= 11 is 0. The molecule has 78 valence electrons. The lowest BCUT2D eigenvalue weighted by molar-refractivity contribution is -0.138. The van der Waals surface area contributed by atoms with Gasteiger partial charge in [0.25, 0.3) is 0 Å². The number of nitrogens with one attached hydrogen (secondary N) is 1. The van der Waals surface area contributed by atoms with Crippen LogP contribution in [0.15, 0.2) is 0 Å². The molecule has 0 saturated carbocycles. The Bertz CT molecular complexity index is 170. The zero-order valence-corrected chi connectivity index (χ0v) is 9.22. The Morgan fingerprint density at radius 1 is 1.38 bits per heavy atom. The van der Waals surface area contributed by atoms with Crippen LogP contribution in [0.4, 0.5) is 0 Å². The van der Waals surface area contributed by atoms with Gasteiger partial charge in [-0.15, -0.1) is 0 Å². The molecule has 1 unspecified atom stereocenters. The zero-order chi connectivity index (χ0) is 10.6. The molecule has 0 spiro atoms. The Balaban J connectivity index is 4.28. The minimum Gasteiger partial charge on any atom is -0.481 e. The molecule has 0 radical (unpaired) electrons. The molecular formula is C10H21NO2. The monoisotopic (exact) mass is 187 g/mol. The van der Waals surface area contributed by atoms with Crippen LogP contribution in [-0.2, 0) is 4.79 Å². The predicted octanol–water partition coefficient (Wildman–Crippen LogP) is 1.87. The zero-order valence-electron chi connectivity index (χ0n) is 9.22. The molecule has 0 amide bonds. The van der Waals surface area contributed by atoms with Crippen LogP contribution in [0.3, 0.4) is 0 Å². The summed E-state index contributed by atoms with van der Waals surface area (Å²) in [6.45, 7) is 10.2. The molecule has 1 atom stereocenters. The Morgan fingerprint density at radius 3 is 2.08 bits per heavy atom. The third-order valence-corrected chi connectivity index (χ3v) is 1.96. The number of carbonyl (C=O) groups is 1. The van der Waals surface area contributed by atoms with E-state index in [9.17, 15) is 4.79 Å². The first kappa shape index (κ1) is 12.4. The molecule has 0 aliphatic heterocycles. The molecule has 3 nitrogen and oxygen atoms in total. The third-order valence-electron chi connectivity index (χ3n) is 1.96. The number of carboxylic acid groups (broad SMARTS) is 1. The molecule has 2 N–H and O–H groups in total. The van der Waals surface area contributed by atoms with Crippen LogP contribution in [-0.4, -0.2) is 23.2 Å². The number of carboxylic acids is 1. The van der Waals surface area contributed by atoms with Gasteiger partial charge in [-0.2, -0.15) is 0 Å². The largest absolute Gasteiger partial charge is 0.481 e. The molecule has 0 saturated heterocycles. The van der Waals surface area contributed by atoms with Crippen molar-refractivity contribution in [2.75, 3.05) is 0 Å². The van der Waals surface area contributed by atoms with Crippen molar-refractivity contribution < 1.29 is 9.90 Å². The first-order chi connectivity index (χ1) is 5.73. The molecule has 0 bridgehead atoms. The highest BCUT2D eigenvalue weighted by Crippen LogP contribution is 2.22. The summed E-state index contributed by atoms with van der Waals surface area (Å²) in [5.41, 5.74) is -0.0112. The fraction of sp³-hybridized carbons (Fsp3) is 0.900. The van der Waals surface area contributed by atoms with Crippen LogP contribution in [0.1, 0.15) is 41.0 Å². The fourth-order valence-corrected chi connectivity index (χ4v) is 1.19. The average molecular weight is 187 g/mol. The highest BCUT2D eigenvalue weighted by atomic mass is 16.4. The Hall–Kier alpha value is -0.570. The summed E-state index contributed by atoms with van der Waals surface area (Å²) in [6, 6.07) is 0.355. The van der Waals surface area contributed by atoms with Gasteiger partial charge >= 0.3 is 5.97 Å². The summed E-state index contributed by atoms with van der Waals surface area (Å²) in [5, 5.41) is 12.0. The van der Waals surface area contributed by atoms with Gasteiger partial charge in [-0.05, 0) is 5.41 Å². The van der Waals surface area contributed by atoms with E-state index in [-0.39, 0.29) is 17.9 Å². The van der Waals surface area contributed by atoms with Crippen LogP contribution in [0.5, 0.6) is 0 Å². The predicted molar refractivity (Wildman–Crippen MR) is 53.8 cm³/mol. The van der Waals surface area contributed by atoms with Crippen molar-refractivity contribution in [2.45, 2.75) is 53.1 Å². The number of hydrogen-bond donors (Lipinski definition) is 2. The lowest BCUT2D eigenvalue weighted by Crippen LogP contribution is -2.45. The van der Waals surface area contributed by atoms with Gasteiger partial charge in [-0.3, -0.25) is 4.79 Å². The quantitative estimate of drug-likeness (QED) is 0.706. The molecular weight excluding hydrogens is 166 g/mol. The minimum absolute atomic E-state index is 0.0112. The molecule has 0 aliphatic carbocycles. The number of rotatable bonds is 4. The maximum absolute atomic E-state index is 10.6. The van der Waals surface area contributed by atoms with Crippen molar-refractivity contribution in [2.24, 2.45) is 5.41 Å². The van der Waals surface area contributed by atoms with E-state index in [0.29, 0.717) is 6.04 Å².